The van der Waals surface area contributed by atoms with Gasteiger partial charge in [-0.1, -0.05) is 91.0 Å². The Bertz CT molecular complexity index is 5390. The third-order valence-corrected chi connectivity index (χ3v) is 16.4. The number of pyridine rings is 1. The average molecular weight is 1400 g/mol. The normalized spacial score (nSPS) is 11.7. The van der Waals surface area contributed by atoms with Gasteiger partial charge in [0.1, 0.15) is 92.9 Å². The fourth-order valence-electron chi connectivity index (χ4n) is 11.3. The lowest BCUT2D eigenvalue weighted by Gasteiger charge is -2.11. The van der Waals surface area contributed by atoms with Crippen molar-refractivity contribution in [2.45, 2.75) is 74.3 Å². The Morgan fingerprint density at radius 1 is 0.442 bits per heavy atom. The van der Waals surface area contributed by atoms with Crippen molar-refractivity contribution in [2.75, 3.05) is 0 Å². The number of aryl methyl sites for hydroxylation is 7. The van der Waals surface area contributed by atoms with Crippen molar-refractivity contribution in [3.05, 3.63) is 330 Å². The Morgan fingerprint density at radius 2 is 0.981 bits per heavy atom. The summed E-state index contributed by atoms with van der Waals surface area (Å²) in [5.74, 6) is 9.91. The molecule has 15 nitrogen and oxygen atoms in total. The number of esters is 2. The molecule has 0 bridgehead atoms. The highest BCUT2D eigenvalue weighted by molar-refractivity contribution is 5.94. The molecule has 0 saturated heterocycles. The Morgan fingerprint density at radius 3 is 1.58 bits per heavy atom. The number of alkyl halides is 3. The average Bonchev–Trinajstić information content (AvgIpc) is 1.67. The van der Waals surface area contributed by atoms with E-state index in [-0.39, 0.29) is 23.3 Å². The summed E-state index contributed by atoms with van der Waals surface area (Å²) in [6.07, 6.45) is 7.89. The maximum absolute atomic E-state index is 12.2. The zero-order valence-corrected chi connectivity index (χ0v) is 57.9. The number of carbonyl (C=O) groups is 2. The van der Waals surface area contributed by atoms with Gasteiger partial charge >= 0.3 is 18.3 Å². The number of aromatic amines is 2. The number of fused-ring (bicyclic) bond motifs is 4. The molecule has 6 aromatic carbocycles. The number of cyclic esters (lactones) is 1. The predicted octanol–water partition coefficient (Wildman–Crippen LogP) is 23.1. The number of nitrogens with one attached hydrogen (secondary N) is 2. The van der Waals surface area contributed by atoms with Crippen molar-refractivity contribution in [2.24, 2.45) is 0 Å². The molecule has 0 atom stereocenters. The first-order valence-electron chi connectivity index (χ1n) is 33.3. The lowest BCUT2D eigenvalue weighted by atomic mass is 10.0. The lowest BCUT2D eigenvalue weighted by molar-refractivity contribution is -0.274. The molecule has 104 heavy (non-hydrogen) atoms. The fourth-order valence-corrected chi connectivity index (χ4v) is 11.3. The predicted molar refractivity (Wildman–Crippen MR) is 393 cm³/mol. The van der Waals surface area contributed by atoms with Crippen molar-refractivity contribution in [1.29, 1.82) is 0 Å². The first-order chi connectivity index (χ1) is 50.3. The van der Waals surface area contributed by atoms with E-state index in [1.165, 1.54) is 45.7 Å². The van der Waals surface area contributed by atoms with Crippen LogP contribution >= 0.6 is 0 Å². The molecule has 12 heterocycles. The number of para-hydroxylation sites is 1. The molecule has 0 amide bonds. The fraction of sp³-hybridized carbons (Fsp3) is 0.128. The molecule has 16 aromatic rings. The number of rotatable bonds is 9. The zero-order valence-electron chi connectivity index (χ0n) is 57.9. The maximum Gasteiger partial charge on any atom is 0.573 e. The highest BCUT2D eigenvalue weighted by atomic mass is 19.4. The summed E-state index contributed by atoms with van der Waals surface area (Å²) in [6, 6.07) is 71.1. The molecule has 10 aromatic heterocycles. The Labute approximate surface area is 597 Å². The molecule has 2 N–H and O–H groups in total. The van der Waals surface area contributed by atoms with E-state index in [1.54, 1.807) is 37.5 Å². The summed E-state index contributed by atoms with van der Waals surface area (Å²) >= 11 is 0. The van der Waals surface area contributed by atoms with Crippen molar-refractivity contribution in [3.63, 3.8) is 0 Å². The van der Waals surface area contributed by atoms with Crippen LogP contribution in [0, 0.1) is 48.5 Å². The number of furan rings is 7. The lowest BCUT2D eigenvalue weighted by Crippen LogP contribution is -2.17. The monoisotopic (exact) mass is 1400 g/mol. The number of hydrogen-bond donors (Lipinski definition) is 2. The highest BCUT2D eigenvalue weighted by Gasteiger charge is 2.32. The number of H-pyrrole nitrogens is 2. The van der Waals surface area contributed by atoms with Crippen molar-refractivity contribution >= 4 is 33.7 Å². The molecule has 524 valence electrons. The third-order valence-electron chi connectivity index (χ3n) is 16.4. The van der Waals surface area contributed by atoms with Crippen molar-refractivity contribution < 1.29 is 67.9 Å². The zero-order chi connectivity index (χ0) is 72.7. The Kier molecular flexibility index (Phi) is 22.2. The molecule has 18 rings (SSSR count). The van der Waals surface area contributed by atoms with Crippen LogP contribution in [-0.2, 0) is 29.0 Å². The van der Waals surface area contributed by atoms with E-state index < -0.39 is 6.36 Å². The number of hydrogen-bond acceptors (Lipinski definition) is 13. The topological polar surface area (TPSA) is 198 Å². The van der Waals surface area contributed by atoms with Crippen molar-refractivity contribution in [3.8, 4) is 79.2 Å². The van der Waals surface area contributed by atoms with Gasteiger partial charge in [-0.3, -0.25) is 4.79 Å². The highest BCUT2D eigenvalue weighted by Crippen LogP contribution is 2.36. The van der Waals surface area contributed by atoms with Gasteiger partial charge in [-0.2, -0.15) is 0 Å². The standard InChI is InChI=1S/C13H11NO.2C13H10O3.C12H9F3O2.C12H10N2O.C12H12O.C11H10O/c1-9-2-5-13(15-9)10-3-4-11-7-14-8-12(11)6-10;1-8-2-5-12(16-8)9-3-4-11-10(6-9)7-15-13(11)14;1-8-2-4-11(15-8)9-3-5-12-10(6-9)7-13(14)16-12;1-8-6-7-10(16-8)9-4-2-3-5-11(9)17-12(13,14)15;1-8-2-3-11(15-8)10-6-9-4-5-13-12(9)14-7-10;1-10-7-12(9-13-10)8-11-5-3-2-4-6-11;1-9-7-11(8-12-9)10-5-3-2-4-6-10/h2-8,14H,1H3;2*2-6H,7H2,1H3;2-7H,1H3;2-7H,1H3,(H,13,14);2-7,9H,8H2,1H3;2-8H,1H3. The molecule has 0 unspecified atom stereocenters. The Balaban J connectivity index is 0.000000114. The second-order valence-electron chi connectivity index (χ2n) is 24.5. The molecular weight excluding hydrogens is 1320 g/mol. The summed E-state index contributed by atoms with van der Waals surface area (Å²) in [4.78, 5) is 32.8. The molecule has 0 radical (unpaired) electrons. The van der Waals surface area contributed by atoms with Crippen LogP contribution in [0.3, 0.4) is 0 Å². The number of nitrogens with zero attached hydrogens (tertiary/aromatic N) is 1. The van der Waals surface area contributed by atoms with E-state index in [2.05, 4.69) is 86.4 Å². The minimum atomic E-state index is -4.71. The second kappa shape index (κ2) is 32.6. The quantitative estimate of drug-likeness (QED) is 0.102. The maximum atomic E-state index is 12.2. The molecule has 0 fully saturated rings. The van der Waals surface area contributed by atoms with Crippen LogP contribution in [0.15, 0.2) is 293 Å². The molecule has 0 aliphatic carbocycles. The summed E-state index contributed by atoms with van der Waals surface area (Å²) in [7, 11) is 0. The summed E-state index contributed by atoms with van der Waals surface area (Å²) in [6.45, 7) is 13.7. The molecule has 18 heteroatoms. The SMILES string of the molecule is Cc1cc(-c2ccccc2)co1.Cc1cc(Cc2ccccc2)co1.Cc1ccc(-c2ccc3c(c2)CC(=O)O3)o1.Cc1ccc(-c2ccc3c(c2)COC3=O)o1.Cc1ccc(-c2ccc3c[nH]cc3c2)o1.Cc1ccc(-c2ccccc2OC(F)(F)F)o1.Cc1ccc(-c2cnc3[nH]ccc3c2)o1. The number of aromatic nitrogens is 3. The smallest absolute Gasteiger partial charge is 0.469 e. The van der Waals surface area contributed by atoms with Gasteiger partial charge < -0.3 is 55.1 Å². The largest absolute Gasteiger partial charge is 0.573 e. The minimum absolute atomic E-state index is 0.192. The van der Waals surface area contributed by atoms with E-state index in [4.69, 9.17) is 40.4 Å². The van der Waals surface area contributed by atoms with E-state index in [0.29, 0.717) is 35.9 Å². The van der Waals surface area contributed by atoms with Crippen LogP contribution in [0.2, 0.25) is 0 Å². The van der Waals surface area contributed by atoms with Crippen molar-refractivity contribution in [1.82, 2.24) is 15.0 Å². The molecule has 2 aliphatic rings. The van der Waals surface area contributed by atoms with Gasteiger partial charge in [-0.15, -0.1) is 13.2 Å². The van der Waals surface area contributed by atoms with Crippen LogP contribution in [0.1, 0.15) is 72.9 Å². The van der Waals surface area contributed by atoms with Crippen LogP contribution in [0.25, 0.3) is 89.6 Å². The van der Waals surface area contributed by atoms with Crippen LogP contribution < -0.4 is 9.47 Å². The van der Waals surface area contributed by atoms with Crippen LogP contribution in [0.4, 0.5) is 13.2 Å². The van der Waals surface area contributed by atoms with Gasteiger partial charge in [0.25, 0.3) is 0 Å². The Hall–Kier alpha value is -13.0. The summed E-state index contributed by atoms with van der Waals surface area (Å²) in [5, 5.41) is 3.53. The number of carbonyl (C=O) groups excluding carboxylic acids is 2. The van der Waals surface area contributed by atoms with Gasteiger partial charge in [0.15, 0.2) is 0 Å². The number of ether oxygens (including phenoxy) is 3. The van der Waals surface area contributed by atoms with E-state index in [9.17, 15) is 22.8 Å². The van der Waals surface area contributed by atoms with Gasteiger partial charge in [-0.05, 0) is 209 Å². The summed E-state index contributed by atoms with van der Waals surface area (Å²) < 4.78 is 88.4. The second-order valence-corrected chi connectivity index (χ2v) is 24.5. The van der Waals surface area contributed by atoms with E-state index >= 15 is 0 Å². The number of benzene rings is 6. The van der Waals surface area contributed by atoms with E-state index in [0.717, 1.165) is 114 Å². The first kappa shape index (κ1) is 70.9. The van der Waals surface area contributed by atoms with Crippen LogP contribution in [0.5, 0.6) is 11.5 Å². The van der Waals surface area contributed by atoms with Gasteiger partial charge in [-0.25, -0.2) is 9.78 Å². The van der Waals surface area contributed by atoms with Crippen LogP contribution in [-0.4, -0.2) is 33.3 Å². The van der Waals surface area contributed by atoms with Gasteiger partial charge in [0.05, 0.1) is 30.1 Å². The molecule has 0 saturated carbocycles. The molecular formula is C86H72F3N3O12. The third kappa shape index (κ3) is 18.9. The first-order valence-corrected chi connectivity index (χ1v) is 33.3. The minimum Gasteiger partial charge on any atom is -0.469 e. The summed E-state index contributed by atoms with van der Waals surface area (Å²) in [5.41, 5.74) is 12.7. The number of halogens is 3. The van der Waals surface area contributed by atoms with E-state index in [1.807, 2.05) is 188 Å². The van der Waals surface area contributed by atoms with Gasteiger partial charge in [0, 0.05) is 75.5 Å². The molecule has 0 spiro atoms. The molecule has 2 aliphatic heterocycles. The van der Waals surface area contributed by atoms with Gasteiger partial charge in [0.2, 0.25) is 0 Å².